The van der Waals surface area contributed by atoms with Gasteiger partial charge < -0.3 is 9.57 Å². The minimum absolute atomic E-state index is 0.380. The van der Waals surface area contributed by atoms with Crippen molar-refractivity contribution in [3.63, 3.8) is 0 Å². The van der Waals surface area contributed by atoms with E-state index in [1.165, 1.54) is 0 Å². The van der Waals surface area contributed by atoms with E-state index in [2.05, 4.69) is 47.0 Å². The second kappa shape index (κ2) is 9.34. The lowest BCUT2D eigenvalue weighted by atomic mass is 10.2. The second-order valence-electron chi connectivity index (χ2n) is 7.30. The maximum atomic E-state index is 6.11. The van der Waals surface area contributed by atoms with Crippen molar-refractivity contribution in [2.24, 2.45) is 0 Å². The first-order chi connectivity index (χ1) is 15.8. The summed E-state index contributed by atoms with van der Waals surface area (Å²) in [7, 11) is 1.68. The molecule has 5 rings (SSSR count). The quantitative estimate of drug-likeness (QED) is 0.301. The molecule has 0 aliphatic heterocycles. The molecule has 160 valence electrons. The Hall–Kier alpha value is -3.48. The second-order valence-corrected chi connectivity index (χ2v) is 8.34. The lowest BCUT2D eigenvalue weighted by molar-refractivity contribution is 0.0594. The maximum absolute atomic E-state index is 6.11. The van der Waals surface area contributed by atoms with Gasteiger partial charge >= 0.3 is 0 Å². The molecule has 6 heteroatoms. The van der Waals surface area contributed by atoms with Gasteiger partial charge in [0.1, 0.15) is 19.5 Å². The van der Waals surface area contributed by atoms with E-state index in [4.69, 9.17) is 14.6 Å². The maximum Gasteiger partial charge on any atom is 0.175 e. The van der Waals surface area contributed by atoms with Crippen LogP contribution in [0.1, 0.15) is 5.56 Å². The lowest BCUT2D eigenvalue weighted by Gasteiger charge is -2.14. The van der Waals surface area contributed by atoms with E-state index in [-0.39, 0.29) is 0 Å². The molecule has 0 radical (unpaired) electrons. The molecule has 2 heterocycles. The van der Waals surface area contributed by atoms with E-state index in [0.717, 1.165) is 37.9 Å². The molecule has 0 unspecified atom stereocenters. The summed E-state index contributed by atoms with van der Waals surface area (Å²) in [6, 6.07) is 30.7. The van der Waals surface area contributed by atoms with Gasteiger partial charge in [-0.1, -0.05) is 78.5 Å². The smallest absolute Gasteiger partial charge is 0.175 e. The summed E-state index contributed by atoms with van der Waals surface area (Å²) in [5.74, 6) is 0. The van der Waals surface area contributed by atoms with E-state index in [0.29, 0.717) is 13.3 Å². The molecule has 0 amide bonds. The predicted molar refractivity (Wildman–Crippen MR) is 127 cm³/mol. The molecule has 0 aliphatic carbocycles. The molecular weight excluding hydrogens is 418 g/mol. The number of aromatic nitrogens is 3. The van der Waals surface area contributed by atoms with Gasteiger partial charge in [-0.15, -0.1) is 0 Å². The van der Waals surface area contributed by atoms with E-state index < -0.39 is 0 Å². The highest BCUT2D eigenvalue weighted by molar-refractivity contribution is 7.99. The van der Waals surface area contributed by atoms with Crippen LogP contribution in [0.4, 0.5) is 0 Å². The SMILES string of the molecule is COn1c(-c2cnc(Sc3ccccc3)n2COCc2ccccc2)cc2ccccc21. The van der Waals surface area contributed by atoms with Crippen LogP contribution in [0.25, 0.3) is 22.3 Å². The number of para-hydroxylation sites is 1. The first kappa shape index (κ1) is 20.4. The molecule has 0 saturated carbocycles. The van der Waals surface area contributed by atoms with Gasteiger partial charge in [0.2, 0.25) is 0 Å². The Labute approximate surface area is 191 Å². The highest BCUT2D eigenvalue weighted by Gasteiger charge is 2.19. The van der Waals surface area contributed by atoms with Crippen molar-refractivity contribution in [1.29, 1.82) is 0 Å². The van der Waals surface area contributed by atoms with Gasteiger partial charge in [0.05, 0.1) is 24.0 Å². The number of ether oxygens (including phenoxy) is 1. The van der Waals surface area contributed by atoms with Crippen LogP contribution in [0.5, 0.6) is 0 Å². The molecular formula is C26H23N3O2S. The molecule has 2 aromatic heterocycles. The number of benzene rings is 3. The summed E-state index contributed by atoms with van der Waals surface area (Å²) >= 11 is 1.62. The lowest BCUT2D eigenvalue weighted by Crippen LogP contribution is -2.11. The Bertz CT molecular complexity index is 1310. The topological polar surface area (TPSA) is 41.2 Å². The van der Waals surface area contributed by atoms with Crippen molar-refractivity contribution in [1.82, 2.24) is 14.3 Å². The minimum Gasteiger partial charge on any atom is -0.416 e. The van der Waals surface area contributed by atoms with E-state index in [1.807, 2.05) is 59.5 Å². The van der Waals surface area contributed by atoms with Gasteiger partial charge in [-0.3, -0.25) is 4.57 Å². The fourth-order valence-electron chi connectivity index (χ4n) is 3.70. The molecule has 0 atom stereocenters. The Morgan fingerprint density at radius 1 is 0.844 bits per heavy atom. The number of hydrogen-bond donors (Lipinski definition) is 0. The van der Waals surface area contributed by atoms with Gasteiger partial charge in [-0.25, -0.2) is 4.98 Å². The monoisotopic (exact) mass is 441 g/mol. The minimum atomic E-state index is 0.380. The molecule has 0 N–H and O–H groups in total. The Balaban J connectivity index is 1.52. The van der Waals surface area contributed by atoms with Gasteiger partial charge in [-0.05, 0) is 29.8 Å². The Morgan fingerprint density at radius 3 is 2.34 bits per heavy atom. The third-order valence-electron chi connectivity index (χ3n) is 5.21. The molecule has 0 fully saturated rings. The molecule has 3 aromatic carbocycles. The van der Waals surface area contributed by atoms with E-state index in [1.54, 1.807) is 18.9 Å². The number of nitrogens with zero attached hydrogens (tertiary/aromatic N) is 3. The molecule has 5 aromatic rings. The fourth-order valence-corrected chi connectivity index (χ4v) is 4.57. The molecule has 5 nitrogen and oxygen atoms in total. The van der Waals surface area contributed by atoms with Gasteiger partial charge in [-0.2, -0.15) is 4.73 Å². The van der Waals surface area contributed by atoms with Crippen LogP contribution in [0.2, 0.25) is 0 Å². The first-order valence-corrected chi connectivity index (χ1v) is 11.2. The van der Waals surface area contributed by atoms with Crippen LogP contribution in [-0.4, -0.2) is 21.4 Å². The molecule has 32 heavy (non-hydrogen) atoms. The summed E-state index contributed by atoms with van der Waals surface area (Å²) in [5.41, 5.74) is 4.02. The van der Waals surface area contributed by atoms with Crippen LogP contribution >= 0.6 is 11.8 Å². The third kappa shape index (κ3) is 4.15. The first-order valence-electron chi connectivity index (χ1n) is 10.4. The third-order valence-corrected chi connectivity index (χ3v) is 6.23. The van der Waals surface area contributed by atoms with Crippen LogP contribution in [-0.2, 0) is 18.1 Å². The predicted octanol–water partition coefficient (Wildman–Crippen LogP) is 5.89. The van der Waals surface area contributed by atoms with Crippen LogP contribution in [0.3, 0.4) is 0 Å². The summed E-state index contributed by atoms with van der Waals surface area (Å²) in [4.78, 5) is 11.6. The largest absolute Gasteiger partial charge is 0.416 e. The van der Waals surface area contributed by atoms with Gasteiger partial charge in [0.25, 0.3) is 0 Å². The summed E-state index contributed by atoms with van der Waals surface area (Å²) in [6.45, 7) is 0.909. The summed E-state index contributed by atoms with van der Waals surface area (Å²) in [6.07, 6.45) is 1.89. The number of rotatable bonds is 8. The average molecular weight is 442 g/mol. The van der Waals surface area contributed by atoms with E-state index >= 15 is 0 Å². The number of fused-ring (bicyclic) bond motifs is 1. The van der Waals surface area contributed by atoms with Crippen molar-refractivity contribution in [2.75, 3.05) is 7.11 Å². The summed E-state index contributed by atoms with van der Waals surface area (Å²) in [5, 5.41) is 1.98. The highest BCUT2D eigenvalue weighted by atomic mass is 32.2. The molecule has 0 bridgehead atoms. The summed E-state index contributed by atoms with van der Waals surface area (Å²) < 4.78 is 10.1. The highest BCUT2D eigenvalue weighted by Crippen LogP contribution is 2.33. The Morgan fingerprint density at radius 2 is 1.56 bits per heavy atom. The number of imidazole rings is 1. The molecule has 0 spiro atoms. The van der Waals surface area contributed by atoms with Gasteiger partial charge in [0, 0.05) is 10.3 Å². The average Bonchev–Trinajstić information content (AvgIpc) is 3.41. The van der Waals surface area contributed by atoms with Crippen LogP contribution in [0, 0.1) is 0 Å². The van der Waals surface area contributed by atoms with Crippen molar-refractivity contribution in [3.05, 3.63) is 103 Å². The standard InChI is InChI=1S/C26H23N3O2S/c1-30-29-23-15-9-8-12-21(23)16-24(29)25-17-27-26(32-22-13-6-3-7-14-22)28(25)19-31-18-20-10-4-2-5-11-20/h2-17H,18-19H2,1H3. The zero-order valence-electron chi connectivity index (χ0n) is 17.7. The molecule has 0 saturated heterocycles. The van der Waals surface area contributed by atoms with Crippen LogP contribution in [0.15, 0.2) is 107 Å². The van der Waals surface area contributed by atoms with Crippen molar-refractivity contribution in [2.45, 2.75) is 23.4 Å². The molecule has 0 aliphatic rings. The van der Waals surface area contributed by atoms with Crippen molar-refractivity contribution < 1.29 is 9.57 Å². The fraction of sp³-hybridized carbons (Fsp3) is 0.115. The van der Waals surface area contributed by atoms with Crippen molar-refractivity contribution in [3.8, 4) is 11.4 Å². The Kier molecular flexibility index (Phi) is 5.96. The van der Waals surface area contributed by atoms with Gasteiger partial charge in [0.15, 0.2) is 5.16 Å². The number of hydrogen-bond acceptors (Lipinski definition) is 4. The van der Waals surface area contributed by atoms with E-state index in [9.17, 15) is 0 Å². The van der Waals surface area contributed by atoms with Crippen molar-refractivity contribution >= 4 is 22.7 Å². The zero-order valence-corrected chi connectivity index (χ0v) is 18.5. The normalized spacial score (nSPS) is 11.2. The van der Waals surface area contributed by atoms with Crippen LogP contribution < -0.4 is 4.84 Å². The zero-order chi connectivity index (χ0) is 21.8.